The Bertz CT molecular complexity index is 64.0. The van der Waals surface area contributed by atoms with Gasteiger partial charge in [-0.1, -0.05) is 0 Å². The number of hydrogen-bond donors (Lipinski definition) is 1. The number of hydrogen-bond acceptors (Lipinski definition) is 1. The van der Waals surface area contributed by atoms with Crippen molar-refractivity contribution in [2.45, 2.75) is 19.1 Å². The summed E-state index contributed by atoms with van der Waals surface area (Å²) in [4.78, 5) is 0. The van der Waals surface area contributed by atoms with Crippen LogP contribution in [0.4, 0.5) is 4.70 Å². The summed E-state index contributed by atoms with van der Waals surface area (Å²) in [7, 11) is 0. The van der Waals surface area contributed by atoms with Crippen molar-refractivity contribution in [2.24, 2.45) is 0 Å². The largest absolute Gasteiger partial charge is 0.306 e. The standard InChI is InChI=1S/C3H8O2S.FH/c1-3(2)6(4)5;/h3H,1-2H3,(H,4,5);1H. The molecule has 0 saturated carbocycles. The summed E-state index contributed by atoms with van der Waals surface area (Å²) in [5.74, 6) is 0. The Morgan fingerprint density at radius 1 is 1.57 bits per heavy atom. The van der Waals surface area contributed by atoms with E-state index < -0.39 is 11.1 Å². The lowest BCUT2D eigenvalue weighted by Gasteiger charge is -1.90. The molecule has 1 unspecified atom stereocenters. The van der Waals surface area contributed by atoms with Crippen LogP contribution in [0.25, 0.3) is 0 Å². The Morgan fingerprint density at radius 3 is 1.71 bits per heavy atom. The Hall–Kier alpha value is 0.0400. The molecule has 7 heavy (non-hydrogen) atoms. The predicted octanol–water partition coefficient (Wildman–Crippen LogP) is 0.769. The monoisotopic (exact) mass is 128 g/mol. The molecule has 0 aliphatic carbocycles. The second-order valence-electron chi connectivity index (χ2n) is 1.32. The molecule has 0 aromatic heterocycles. The molecule has 0 bridgehead atoms. The van der Waals surface area contributed by atoms with Crippen LogP contribution in [-0.4, -0.2) is 14.0 Å². The van der Waals surface area contributed by atoms with Crippen LogP contribution in [0.5, 0.6) is 0 Å². The van der Waals surface area contributed by atoms with Crippen molar-refractivity contribution in [1.29, 1.82) is 0 Å². The first-order valence-electron chi connectivity index (χ1n) is 1.74. The van der Waals surface area contributed by atoms with Crippen LogP contribution in [0.2, 0.25) is 0 Å². The molecule has 0 aliphatic heterocycles. The highest BCUT2D eigenvalue weighted by molar-refractivity contribution is 7.79. The lowest BCUT2D eigenvalue weighted by Crippen LogP contribution is -2.01. The topological polar surface area (TPSA) is 37.3 Å². The fourth-order valence-corrected chi connectivity index (χ4v) is 0. The highest BCUT2D eigenvalue weighted by atomic mass is 32.2. The number of rotatable bonds is 1. The first-order chi connectivity index (χ1) is 2.64. The molecule has 0 aromatic rings. The van der Waals surface area contributed by atoms with Gasteiger partial charge in [-0.05, 0) is 13.8 Å². The summed E-state index contributed by atoms with van der Waals surface area (Å²) in [6.45, 7) is 3.38. The molecule has 0 aliphatic rings. The minimum atomic E-state index is -1.62. The third-order valence-corrected chi connectivity index (χ3v) is 1.21. The maximum atomic E-state index is 9.81. The van der Waals surface area contributed by atoms with E-state index in [0.29, 0.717) is 0 Å². The molecular weight excluding hydrogens is 119 g/mol. The third kappa shape index (κ3) is 6.04. The summed E-state index contributed by atoms with van der Waals surface area (Å²) in [5, 5.41) is -0.120. The summed E-state index contributed by atoms with van der Waals surface area (Å²) in [6, 6.07) is 0. The van der Waals surface area contributed by atoms with Crippen LogP contribution in [0, 0.1) is 0 Å². The molecule has 0 radical (unpaired) electrons. The molecule has 0 fully saturated rings. The van der Waals surface area contributed by atoms with Gasteiger partial charge in [-0.15, -0.1) is 0 Å². The van der Waals surface area contributed by atoms with Gasteiger partial charge in [0.25, 0.3) is 0 Å². The molecule has 0 amide bonds. The van der Waals surface area contributed by atoms with E-state index in [-0.39, 0.29) is 9.95 Å². The summed E-state index contributed by atoms with van der Waals surface area (Å²) in [5.41, 5.74) is 0. The van der Waals surface area contributed by atoms with Crippen molar-refractivity contribution in [1.82, 2.24) is 0 Å². The van der Waals surface area contributed by atoms with Gasteiger partial charge in [0.05, 0.1) is 5.25 Å². The maximum Gasteiger partial charge on any atom is 0.155 e. The smallest absolute Gasteiger partial charge is 0.155 e. The summed E-state index contributed by atoms with van der Waals surface area (Å²) in [6.07, 6.45) is 0. The third-order valence-electron chi connectivity index (χ3n) is 0.403. The second-order valence-corrected chi connectivity index (χ2v) is 2.82. The molecule has 0 aromatic carbocycles. The molecule has 46 valence electrons. The van der Waals surface area contributed by atoms with E-state index in [2.05, 4.69) is 0 Å². The molecule has 0 spiro atoms. The van der Waals surface area contributed by atoms with Crippen LogP contribution in [0.1, 0.15) is 13.8 Å². The Balaban J connectivity index is 0. The van der Waals surface area contributed by atoms with Gasteiger partial charge < -0.3 is 4.55 Å². The first-order valence-corrected chi connectivity index (χ1v) is 2.91. The first kappa shape index (κ1) is 10.1. The molecule has 2 nitrogen and oxygen atoms in total. The van der Waals surface area contributed by atoms with Crippen LogP contribution >= 0.6 is 0 Å². The fourth-order valence-electron chi connectivity index (χ4n) is 0. The highest BCUT2D eigenvalue weighted by Crippen LogP contribution is 1.85. The van der Waals surface area contributed by atoms with Gasteiger partial charge in [-0.2, -0.15) is 0 Å². The van der Waals surface area contributed by atoms with Crippen molar-refractivity contribution < 1.29 is 13.5 Å². The quantitative estimate of drug-likeness (QED) is 0.529. The van der Waals surface area contributed by atoms with Crippen molar-refractivity contribution in [3.63, 3.8) is 0 Å². The molecule has 0 rings (SSSR count). The van der Waals surface area contributed by atoms with Gasteiger partial charge in [-0.3, -0.25) is 4.70 Å². The van der Waals surface area contributed by atoms with Gasteiger partial charge >= 0.3 is 0 Å². The maximum absolute atomic E-state index is 9.81. The Morgan fingerprint density at radius 2 is 1.71 bits per heavy atom. The van der Waals surface area contributed by atoms with Crippen molar-refractivity contribution >= 4 is 11.1 Å². The SMILES string of the molecule is CC(C)S(=O)O.F. The molecule has 1 N–H and O–H groups in total. The van der Waals surface area contributed by atoms with Crippen molar-refractivity contribution in [3.8, 4) is 0 Å². The van der Waals surface area contributed by atoms with E-state index in [1.165, 1.54) is 0 Å². The van der Waals surface area contributed by atoms with Crippen LogP contribution in [0.15, 0.2) is 0 Å². The van der Waals surface area contributed by atoms with Gasteiger partial charge in [-0.25, -0.2) is 4.21 Å². The second kappa shape index (κ2) is 4.21. The molecule has 4 heteroatoms. The average molecular weight is 128 g/mol. The van der Waals surface area contributed by atoms with Gasteiger partial charge in [0.1, 0.15) is 0 Å². The zero-order chi connectivity index (χ0) is 5.15. The number of halogens is 1. The van der Waals surface area contributed by atoms with Crippen LogP contribution in [0.3, 0.4) is 0 Å². The molecular formula is C3H9FO2S. The zero-order valence-electron chi connectivity index (χ0n) is 4.25. The van der Waals surface area contributed by atoms with E-state index in [0.717, 1.165) is 0 Å². The Labute approximate surface area is 44.6 Å². The fraction of sp³-hybridized carbons (Fsp3) is 1.00. The van der Waals surface area contributed by atoms with Crippen LogP contribution in [-0.2, 0) is 11.1 Å². The van der Waals surface area contributed by atoms with Gasteiger partial charge in [0.2, 0.25) is 0 Å². The van der Waals surface area contributed by atoms with E-state index in [4.69, 9.17) is 4.55 Å². The predicted molar refractivity (Wildman–Crippen MR) is 28.4 cm³/mol. The molecule has 0 saturated heterocycles. The van der Waals surface area contributed by atoms with Crippen molar-refractivity contribution in [3.05, 3.63) is 0 Å². The lowest BCUT2D eigenvalue weighted by molar-refractivity contribution is 0.555. The summed E-state index contributed by atoms with van der Waals surface area (Å²) < 4.78 is 17.9. The minimum absolute atomic E-state index is 0. The Kier molecular flexibility index (Phi) is 6.07. The lowest BCUT2D eigenvalue weighted by atomic mass is 10.6. The average Bonchev–Trinajstić information content (AvgIpc) is 1.36. The van der Waals surface area contributed by atoms with E-state index in [1.54, 1.807) is 13.8 Å². The molecule has 0 heterocycles. The van der Waals surface area contributed by atoms with Crippen LogP contribution < -0.4 is 0 Å². The highest BCUT2D eigenvalue weighted by Gasteiger charge is 1.95. The van der Waals surface area contributed by atoms with Gasteiger partial charge in [0, 0.05) is 0 Å². The van der Waals surface area contributed by atoms with Crippen molar-refractivity contribution in [2.75, 3.05) is 0 Å². The van der Waals surface area contributed by atoms with Gasteiger partial charge in [0.15, 0.2) is 11.1 Å². The normalized spacial score (nSPS) is 13.1. The van der Waals surface area contributed by atoms with E-state index in [1.807, 2.05) is 0 Å². The minimum Gasteiger partial charge on any atom is -0.306 e. The summed E-state index contributed by atoms with van der Waals surface area (Å²) >= 11 is -1.62. The van der Waals surface area contributed by atoms with E-state index in [9.17, 15) is 4.21 Å². The zero-order valence-corrected chi connectivity index (χ0v) is 5.07. The van der Waals surface area contributed by atoms with E-state index >= 15 is 0 Å². The molecule has 1 atom stereocenters.